The van der Waals surface area contributed by atoms with E-state index < -0.39 is 11.6 Å². The third-order valence-corrected chi connectivity index (χ3v) is 3.34. The summed E-state index contributed by atoms with van der Waals surface area (Å²) in [4.78, 5) is 0.108. The van der Waals surface area contributed by atoms with Gasteiger partial charge in [-0.2, -0.15) is 0 Å². The highest BCUT2D eigenvalue weighted by atomic mass is 32.2. The molecule has 0 radical (unpaired) electrons. The first-order chi connectivity index (χ1) is 7.58. The van der Waals surface area contributed by atoms with Crippen LogP contribution < -0.4 is 5.73 Å². The maximum atomic E-state index is 13.6. The minimum atomic E-state index is -0.481. The second kappa shape index (κ2) is 6.21. The van der Waals surface area contributed by atoms with Crippen molar-refractivity contribution in [3.8, 4) is 0 Å². The molecule has 1 aromatic carbocycles. The van der Waals surface area contributed by atoms with Crippen LogP contribution in [-0.2, 0) is 6.42 Å². The summed E-state index contributed by atoms with van der Waals surface area (Å²) in [5.41, 5.74) is 6.38. The van der Waals surface area contributed by atoms with Crippen LogP contribution in [0, 0.1) is 11.6 Å². The smallest absolute Gasteiger partial charge is 0.140 e. The Morgan fingerprint density at radius 1 is 1.25 bits per heavy atom. The average molecular weight is 245 g/mol. The Kier molecular flexibility index (Phi) is 5.22. The van der Waals surface area contributed by atoms with Gasteiger partial charge in [0.1, 0.15) is 11.6 Å². The highest BCUT2D eigenvalue weighted by molar-refractivity contribution is 7.99. The number of rotatable bonds is 5. The van der Waals surface area contributed by atoms with Crippen LogP contribution in [0.4, 0.5) is 8.78 Å². The molecule has 0 aliphatic heterocycles. The fraction of sp³-hybridized carbons (Fsp3) is 0.500. The van der Waals surface area contributed by atoms with Gasteiger partial charge < -0.3 is 5.73 Å². The lowest BCUT2D eigenvalue weighted by Crippen LogP contribution is -2.21. The number of hydrogen-bond donors (Lipinski definition) is 1. The predicted molar refractivity (Wildman–Crippen MR) is 64.7 cm³/mol. The van der Waals surface area contributed by atoms with Gasteiger partial charge >= 0.3 is 0 Å². The Labute approximate surface area is 99.4 Å². The van der Waals surface area contributed by atoms with Crippen molar-refractivity contribution in [2.75, 3.05) is 5.75 Å². The summed E-state index contributed by atoms with van der Waals surface area (Å²) in [6.07, 6.45) is 1.32. The van der Waals surface area contributed by atoms with Crippen molar-refractivity contribution in [3.05, 3.63) is 29.3 Å². The van der Waals surface area contributed by atoms with Crippen LogP contribution in [0.15, 0.2) is 17.0 Å². The molecule has 0 heterocycles. The first-order valence-corrected chi connectivity index (χ1v) is 6.43. The summed E-state index contributed by atoms with van der Waals surface area (Å²) in [5, 5.41) is 0. The van der Waals surface area contributed by atoms with E-state index in [0.29, 0.717) is 17.7 Å². The summed E-state index contributed by atoms with van der Waals surface area (Å²) >= 11 is 1.18. The molecule has 0 aliphatic rings. The number of thioether (sulfide) groups is 1. The van der Waals surface area contributed by atoms with Crippen LogP contribution in [0.1, 0.15) is 25.8 Å². The van der Waals surface area contributed by atoms with Crippen molar-refractivity contribution >= 4 is 11.8 Å². The van der Waals surface area contributed by atoms with Gasteiger partial charge in [-0.3, -0.25) is 0 Å². The van der Waals surface area contributed by atoms with Gasteiger partial charge in [0.15, 0.2) is 0 Å². The van der Waals surface area contributed by atoms with Gasteiger partial charge in [-0.05, 0) is 36.3 Å². The summed E-state index contributed by atoms with van der Waals surface area (Å²) in [7, 11) is 0. The van der Waals surface area contributed by atoms with Gasteiger partial charge in [0.25, 0.3) is 0 Å². The van der Waals surface area contributed by atoms with Crippen LogP contribution in [0.25, 0.3) is 0 Å². The second-order valence-electron chi connectivity index (χ2n) is 3.69. The van der Waals surface area contributed by atoms with Gasteiger partial charge in [-0.15, -0.1) is 11.8 Å². The number of benzene rings is 1. The topological polar surface area (TPSA) is 26.0 Å². The van der Waals surface area contributed by atoms with Gasteiger partial charge in [-0.25, -0.2) is 8.78 Å². The maximum Gasteiger partial charge on any atom is 0.140 e. The van der Waals surface area contributed by atoms with Crippen LogP contribution in [0.2, 0.25) is 0 Å². The van der Waals surface area contributed by atoms with Crippen molar-refractivity contribution in [3.63, 3.8) is 0 Å². The molecule has 0 bridgehead atoms. The first kappa shape index (κ1) is 13.5. The molecular weight excluding hydrogens is 228 g/mol. The van der Waals surface area contributed by atoms with Crippen LogP contribution in [0.3, 0.4) is 0 Å². The lowest BCUT2D eigenvalue weighted by atomic mass is 10.0. The Hall–Kier alpha value is -0.610. The minimum Gasteiger partial charge on any atom is -0.327 e. The van der Waals surface area contributed by atoms with Crippen LogP contribution >= 0.6 is 11.8 Å². The lowest BCUT2D eigenvalue weighted by Gasteiger charge is -2.10. The molecule has 0 amide bonds. The van der Waals surface area contributed by atoms with Crippen molar-refractivity contribution in [1.29, 1.82) is 0 Å². The maximum absolute atomic E-state index is 13.6. The molecule has 2 N–H and O–H groups in total. The average Bonchev–Trinajstić information content (AvgIpc) is 2.23. The van der Waals surface area contributed by atoms with Crippen LogP contribution in [-0.4, -0.2) is 11.8 Å². The number of hydrogen-bond acceptors (Lipinski definition) is 2. The van der Waals surface area contributed by atoms with E-state index in [9.17, 15) is 8.78 Å². The SMILES string of the molecule is CCSc1c(F)cc(CC(N)CC)cc1F. The molecule has 0 saturated heterocycles. The number of nitrogens with two attached hydrogens (primary N) is 1. The van der Waals surface area contributed by atoms with Gasteiger partial charge in [0, 0.05) is 6.04 Å². The largest absolute Gasteiger partial charge is 0.327 e. The first-order valence-electron chi connectivity index (χ1n) is 5.44. The Balaban J connectivity index is 2.91. The highest BCUT2D eigenvalue weighted by Gasteiger charge is 2.12. The molecular formula is C12H17F2NS. The van der Waals surface area contributed by atoms with E-state index in [2.05, 4.69) is 0 Å². The fourth-order valence-corrected chi connectivity index (χ4v) is 2.14. The van der Waals surface area contributed by atoms with E-state index >= 15 is 0 Å². The molecule has 16 heavy (non-hydrogen) atoms. The van der Waals surface area contributed by atoms with Crippen molar-refractivity contribution in [1.82, 2.24) is 0 Å². The Bertz CT molecular complexity index is 332. The third kappa shape index (κ3) is 3.46. The minimum absolute atomic E-state index is 0.0384. The van der Waals surface area contributed by atoms with E-state index in [0.717, 1.165) is 6.42 Å². The van der Waals surface area contributed by atoms with Crippen molar-refractivity contribution in [2.45, 2.75) is 37.6 Å². The second-order valence-corrected chi connectivity index (χ2v) is 4.97. The van der Waals surface area contributed by atoms with Gasteiger partial charge in [-0.1, -0.05) is 13.8 Å². The predicted octanol–water partition coefficient (Wildman–Crippen LogP) is 3.36. The molecule has 0 aromatic heterocycles. The van der Waals surface area contributed by atoms with Crippen molar-refractivity contribution in [2.24, 2.45) is 5.73 Å². The molecule has 1 rings (SSSR count). The lowest BCUT2D eigenvalue weighted by molar-refractivity contribution is 0.533. The zero-order valence-electron chi connectivity index (χ0n) is 9.59. The highest BCUT2D eigenvalue weighted by Crippen LogP contribution is 2.26. The molecule has 1 nitrogen and oxygen atoms in total. The fourth-order valence-electron chi connectivity index (χ4n) is 1.46. The number of halogens is 2. The summed E-state index contributed by atoms with van der Waals surface area (Å²) < 4.78 is 27.1. The van der Waals surface area contributed by atoms with Crippen LogP contribution in [0.5, 0.6) is 0 Å². The quantitative estimate of drug-likeness (QED) is 0.805. The van der Waals surface area contributed by atoms with Gasteiger partial charge in [0.2, 0.25) is 0 Å². The molecule has 1 atom stereocenters. The summed E-state index contributed by atoms with van der Waals surface area (Å²) in [6, 6.07) is 2.73. The molecule has 90 valence electrons. The normalized spacial score (nSPS) is 12.8. The summed E-state index contributed by atoms with van der Waals surface area (Å²) in [5.74, 6) is -0.308. The van der Waals surface area contributed by atoms with E-state index in [1.807, 2.05) is 13.8 Å². The third-order valence-electron chi connectivity index (χ3n) is 2.37. The standard InChI is InChI=1S/C12H17F2NS/c1-3-9(15)5-8-6-10(13)12(16-4-2)11(14)7-8/h6-7,9H,3-5,15H2,1-2H3. The molecule has 4 heteroatoms. The molecule has 0 aliphatic carbocycles. The van der Waals surface area contributed by atoms with E-state index in [4.69, 9.17) is 5.73 Å². The monoisotopic (exact) mass is 245 g/mol. The zero-order valence-corrected chi connectivity index (χ0v) is 10.4. The molecule has 0 spiro atoms. The molecule has 1 unspecified atom stereocenters. The Morgan fingerprint density at radius 3 is 2.25 bits per heavy atom. The van der Waals surface area contributed by atoms with E-state index in [-0.39, 0.29) is 10.9 Å². The molecule has 0 fully saturated rings. The molecule has 1 aromatic rings. The zero-order chi connectivity index (χ0) is 12.1. The van der Waals surface area contributed by atoms with Gasteiger partial charge in [0.05, 0.1) is 4.90 Å². The summed E-state index contributed by atoms with van der Waals surface area (Å²) in [6.45, 7) is 3.82. The van der Waals surface area contributed by atoms with E-state index in [1.54, 1.807) is 0 Å². The van der Waals surface area contributed by atoms with Crippen molar-refractivity contribution < 1.29 is 8.78 Å². The molecule has 0 saturated carbocycles. The van der Waals surface area contributed by atoms with E-state index in [1.165, 1.54) is 23.9 Å². The Morgan fingerprint density at radius 2 is 1.81 bits per heavy atom.